The van der Waals surface area contributed by atoms with E-state index in [4.69, 9.17) is 22.1 Å². The molecule has 108 valence electrons. The van der Waals surface area contributed by atoms with E-state index < -0.39 is 0 Å². The number of rotatable bonds is 4. The first-order chi connectivity index (χ1) is 9.65. The lowest BCUT2D eigenvalue weighted by atomic mass is 9.99. The summed E-state index contributed by atoms with van der Waals surface area (Å²) in [6.07, 6.45) is 2.52. The number of ether oxygens (including phenoxy) is 1. The highest BCUT2D eigenvalue weighted by atomic mass is 35.5. The van der Waals surface area contributed by atoms with Crippen molar-refractivity contribution in [2.75, 3.05) is 19.7 Å². The van der Waals surface area contributed by atoms with Gasteiger partial charge in [0.1, 0.15) is 5.75 Å². The van der Waals surface area contributed by atoms with Crippen molar-refractivity contribution in [3.63, 3.8) is 0 Å². The first-order valence-electron chi connectivity index (χ1n) is 7.06. The van der Waals surface area contributed by atoms with Crippen LogP contribution >= 0.6 is 11.6 Å². The molecule has 4 nitrogen and oxygen atoms in total. The molecule has 1 aromatic rings. The second-order valence-electron chi connectivity index (χ2n) is 5.68. The molecule has 1 saturated heterocycles. The average molecular weight is 295 g/mol. The van der Waals surface area contributed by atoms with Crippen molar-refractivity contribution in [2.24, 2.45) is 17.6 Å². The lowest BCUT2D eigenvalue weighted by molar-refractivity contribution is -0.132. The van der Waals surface area contributed by atoms with Crippen LogP contribution in [0.1, 0.15) is 12.8 Å². The van der Waals surface area contributed by atoms with Gasteiger partial charge in [-0.25, -0.2) is 0 Å². The summed E-state index contributed by atoms with van der Waals surface area (Å²) in [6, 6.07) is 7.29. The van der Waals surface area contributed by atoms with Crippen LogP contribution in [0.4, 0.5) is 0 Å². The van der Waals surface area contributed by atoms with Gasteiger partial charge in [0.2, 0.25) is 0 Å². The quantitative estimate of drug-likeness (QED) is 0.923. The third-order valence-electron chi connectivity index (χ3n) is 4.18. The van der Waals surface area contributed by atoms with Crippen molar-refractivity contribution in [1.29, 1.82) is 0 Å². The van der Waals surface area contributed by atoms with Crippen molar-refractivity contribution < 1.29 is 9.53 Å². The molecule has 0 radical (unpaired) electrons. The number of carbonyl (C=O) groups excluding carboxylic acids is 1. The minimum atomic E-state index is -0.0106. The van der Waals surface area contributed by atoms with E-state index in [1.807, 2.05) is 17.0 Å². The molecule has 1 aromatic carbocycles. The Morgan fingerprint density at radius 3 is 2.80 bits per heavy atom. The zero-order valence-electron chi connectivity index (χ0n) is 11.3. The fourth-order valence-electron chi connectivity index (χ4n) is 2.87. The van der Waals surface area contributed by atoms with Gasteiger partial charge in [-0.1, -0.05) is 23.7 Å². The maximum Gasteiger partial charge on any atom is 0.260 e. The average Bonchev–Trinajstić information content (AvgIpc) is 3.20. The van der Waals surface area contributed by atoms with Gasteiger partial charge in [0.15, 0.2) is 6.61 Å². The lowest BCUT2D eigenvalue weighted by Crippen LogP contribution is -2.35. The lowest BCUT2D eigenvalue weighted by Gasteiger charge is -2.17. The van der Waals surface area contributed by atoms with E-state index in [1.165, 1.54) is 12.8 Å². The Morgan fingerprint density at radius 2 is 2.10 bits per heavy atom. The Bertz CT molecular complexity index is 504. The molecule has 0 spiro atoms. The maximum absolute atomic E-state index is 12.2. The van der Waals surface area contributed by atoms with Crippen LogP contribution < -0.4 is 10.5 Å². The Hall–Kier alpha value is -1.26. The molecule has 1 aliphatic carbocycles. The second-order valence-corrected chi connectivity index (χ2v) is 6.09. The van der Waals surface area contributed by atoms with Gasteiger partial charge >= 0.3 is 0 Å². The maximum atomic E-state index is 12.2. The van der Waals surface area contributed by atoms with Crippen molar-refractivity contribution in [3.05, 3.63) is 29.3 Å². The van der Waals surface area contributed by atoms with Gasteiger partial charge in [0.25, 0.3) is 5.91 Å². The summed E-state index contributed by atoms with van der Waals surface area (Å²) in [7, 11) is 0. The Morgan fingerprint density at radius 1 is 1.35 bits per heavy atom. The largest absolute Gasteiger partial charge is 0.482 e. The van der Waals surface area contributed by atoms with Crippen molar-refractivity contribution in [2.45, 2.75) is 18.9 Å². The molecule has 2 aliphatic rings. The molecule has 1 heterocycles. The highest BCUT2D eigenvalue weighted by Gasteiger charge is 2.42. The molecule has 3 rings (SSSR count). The first kappa shape index (κ1) is 13.7. The zero-order valence-corrected chi connectivity index (χ0v) is 12.1. The summed E-state index contributed by atoms with van der Waals surface area (Å²) in [5.74, 6) is 1.74. The Kier molecular flexibility index (Phi) is 3.85. The van der Waals surface area contributed by atoms with Crippen LogP contribution in [0.15, 0.2) is 24.3 Å². The fourth-order valence-corrected chi connectivity index (χ4v) is 3.06. The summed E-state index contributed by atoms with van der Waals surface area (Å²) in [5, 5.41) is 0.522. The summed E-state index contributed by atoms with van der Waals surface area (Å²) < 4.78 is 5.49. The van der Waals surface area contributed by atoms with E-state index in [-0.39, 0.29) is 18.6 Å². The molecule has 1 saturated carbocycles. The van der Waals surface area contributed by atoms with Crippen molar-refractivity contribution in [1.82, 2.24) is 4.90 Å². The van der Waals surface area contributed by atoms with Crippen LogP contribution in [0, 0.1) is 11.8 Å². The summed E-state index contributed by atoms with van der Waals surface area (Å²) in [4.78, 5) is 14.0. The van der Waals surface area contributed by atoms with Crippen LogP contribution in [-0.2, 0) is 4.79 Å². The van der Waals surface area contributed by atoms with Crippen LogP contribution in [-0.4, -0.2) is 36.5 Å². The number of carbonyl (C=O) groups is 1. The van der Waals surface area contributed by atoms with E-state index in [1.54, 1.807) is 12.1 Å². The van der Waals surface area contributed by atoms with Crippen LogP contribution in [0.2, 0.25) is 5.02 Å². The minimum Gasteiger partial charge on any atom is -0.482 e. The van der Waals surface area contributed by atoms with Crippen molar-refractivity contribution in [3.8, 4) is 5.75 Å². The number of amides is 1. The van der Waals surface area contributed by atoms with Gasteiger partial charge < -0.3 is 15.4 Å². The summed E-state index contributed by atoms with van der Waals surface area (Å²) >= 11 is 5.99. The highest BCUT2D eigenvalue weighted by molar-refractivity contribution is 6.32. The second kappa shape index (κ2) is 5.62. The third kappa shape index (κ3) is 2.91. The van der Waals surface area contributed by atoms with Gasteiger partial charge in [-0.2, -0.15) is 0 Å². The summed E-state index contributed by atoms with van der Waals surface area (Å²) in [6.45, 7) is 1.44. The molecule has 20 heavy (non-hydrogen) atoms. The number of likely N-dealkylation sites (tertiary alicyclic amines) is 1. The SMILES string of the molecule is N[C@@H]1CN(C(=O)COc2ccccc2Cl)C[C@H]1C1CC1. The molecule has 1 amide bonds. The zero-order chi connectivity index (χ0) is 14.1. The van der Waals surface area contributed by atoms with E-state index in [2.05, 4.69) is 0 Å². The number of nitrogens with two attached hydrogens (primary N) is 1. The minimum absolute atomic E-state index is 0.0106. The van der Waals surface area contributed by atoms with E-state index in [0.717, 1.165) is 12.5 Å². The Labute approximate surface area is 123 Å². The van der Waals surface area contributed by atoms with Crippen molar-refractivity contribution >= 4 is 17.5 Å². The third-order valence-corrected chi connectivity index (χ3v) is 4.49. The van der Waals surface area contributed by atoms with Crippen LogP contribution in [0.5, 0.6) is 5.75 Å². The predicted octanol–water partition coefficient (Wildman–Crippen LogP) is 1.91. The normalized spacial score (nSPS) is 25.8. The molecule has 0 unspecified atom stereocenters. The van der Waals surface area contributed by atoms with Gasteiger partial charge in [0.05, 0.1) is 5.02 Å². The van der Waals surface area contributed by atoms with Gasteiger partial charge in [-0.05, 0) is 36.8 Å². The monoisotopic (exact) mass is 294 g/mol. The van der Waals surface area contributed by atoms with Gasteiger partial charge in [-0.15, -0.1) is 0 Å². The first-order valence-corrected chi connectivity index (χ1v) is 7.43. The smallest absolute Gasteiger partial charge is 0.260 e. The molecule has 2 N–H and O–H groups in total. The number of para-hydroxylation sites is 1. The molecule has 2 atom stereocenters. The molecule has 0 bridgehead atoms. The number of hydrogen-bond acceptors (Lipinski definition) is 3. The van der Waals surface area contributed by atoms with Crippen LogP contribution in [0.25, 0.3) is 0 Å². The van der Waals surface area contributed by atoms with Gasteiger partial charge in [-0.3, -0.25) is 4.79 Å². The van der Waals surface area contributed by atoms with Gasteiger partial charge in [0, 0.05) is 19.1 Å². The molecular weight excluding hydrogens is 276 g/mol. The molecule has 0 aromatic heterocycles. The topological polar surface area (TPSA) is 55.6 Å². The highest BCUT2D eigenvalue weighted by Crippen LogP contribution is 2.40. The van der Waals surface area contributed by atoms with Crippen LogP contribution in [0.3, 0.4) is 0 Å². The molecule has 1 aliphatic heterocycles. The van der Waals surface area contributed by atoms with E-state index in [9.17, 15) is 4.79 Å². The number of nitrogens with zero attached hydrogens (tertiary/aromatic N) is 1. The fraction of sp³-hybridized carbons (Fsp3) is 0.533. The van der Waals surface area contributed by atoms with E-state index >= 15 is 0 Å². The predicted molar refractivity (Wildman–Crippen MR) is 77.7 cm³/mol. The number of hydrogen-bond donors (Lipinski definition) is 1. The standard InChI is InChI=1S/C15H19ClN2O2/c16-12-3-1-2-4-14(12)20-9-15(19)18-7-11(10-5-6-10)13(17)8-18/h1-4,10-11,13H,5-9,17H2/t11-,13+/m0/s1. The summed E-state index contributed by atoms with van der Waals surface area (Å²) in [5.41, 5.74) is 6.12. The number of benzene rings is 1. The molecule has 5 heteroatoms. The Balaban J connectivity index is 1.53. The number of halogens is 1. The molecular formula is C15H19ClN2O2. The van der Waals surface area contributed by atoms with E-state index in [0.29, 0.717) is 23.2 Å². The molecule has 2 fully saturated rings.